The van der Waals surface area contributed by atoms with Crippen molar-refractivity contribution in [3.63, 3.8) is 0 Å². The van der Waals surface area contributed by atoms with E-state index >= 15 is 0 Å². The Kier molecular flexibility index (Phi) is 4.97. The summed E-state index contributed by atoms with van der Waals surface area (Å²) < 4.78 is 5.00. The van der Waals surface area contributed by atoms with E-state index in [1.165, 1.54) is 13.3 Å². The number of rotatable bonds is 5. The van der Waals surface area contributed by atoms with Gasteiger partial charge in [-0.2, -0.15) is 0 Å². The molecule has 0 bridgehead atoms. The van der Waals surface area contributed by atoms with Crippen LogP contribution in [0.2, 0.25) is 0 Å². The van der Waals surface area contributed by atoms with Gasteiger partial charge in [0.1, 0.15) is 0 Å². The minimum absolute atomic E-state index is 0.00404. The summed E-state index contributed by atoms with van der Waals surface area (Å²) in [4.78, 5) is 30.7. The molecule has 0 spiro atoms. The molecule has 1 aromatic heterocycles. The highest BCUT2D eigenvalue weighted by molar-refractivity contribution is 5.97. The normalized spacial score (nSPS) is 18.1. The zero-order valence-corrected chi connectivity index (χ0v) is 14.3. The Morgan fingerprint density at radius 2 is 2.04 bits per heavy atom. The number of likely N-dealkylation sites (tertiary alicyclic amines) is 1. The Hall–Kier alpha value is -2.89. The first kappa shape index (κ1) is 17.0. The van der Waals surface area contributed by atoms with Crippen LogP contribution in [-0.4, -0.2) is 35.4 Å². The maximum atomic E-state index is 12.5. The zero-order valence-electron chi connectivity index (χ0n) is 14.3. The molecule has 130 valence electrons. The van der Waals surface area contributed by atoms with Gasteiger partial charge in [0.05, 0.1) is 31.0 Å². The lowest BCUT2D eigenvalue weighted by molar-refractivity contribution is -0.129. The third-order valence-electron chi connectivity index (χ3n) is 4.49. The molecule has 2 unspecified atom stereocenters. The fourth-order valence-corrected chi connectivity index (χ4v) is 3.01. The van der Waals surface area contributed by atoms with Crippen molar-refractivity contribution in [2.45, 2.75) is 19.4 Å². The van der Waals surface area contributed by atoms with Gasteiger partial charge in [-0.15, -0.1) is 0 Å². The molecule has 0 aliphatic carbocycles. The van der Waals surface area contributed by atoms with Gasteiger partial charge in [-0.05, 0) is 18.6 Å². The van der Waals surface area contributed by atoms with Crippen LogP contribution in [0.1, 0.15) is 24.9 Å². The van der Waals surface area contributed by atoms with Gasteiger partial charge in [0.2, 0.25) is 17.7 Å². The topological polar surface area (TPSA) is 71.5 Å². The van der Waals surface area contributed by atoms with Crippen molar-refractivity contribution in [1.29, 1.82) is 0 Å². The van der Waals surface area contributed by atoms with Gasteiger partial charge in [-0.25, -0.2) is 4.98 Å². The molecule has 1 aromatic carbocycles. The molecule has 1 saturated heterocycles. The minimum atomic E-state index is -0.360. The predicted octanol–water partition coefficient (Wildman–Crippen LogP) is 2.64. The average molecular weight is 339 g/mol. The molecule has 6 heteroatoms. The number of nitrogens with one attached hydrogen (secondary N) is 1. The number of benzene rings is 1. The highest BCUT2D eigenvalue weighted by atomic mass is 16.5. The second kappa shape index (κ2) is 7.34. The standard InChI is InChI=1S/C19H21N3O3/c1-13(14-6-4-3-5-7-14)22-12-15(10-18(22)23)19(24)21-16-8-9-17(25-2)20-11-16/h3-9,11,13,15H,10,12H2,1-2H3,(H,21,24). The fraction of sp³-hybridized carbons (Fsp3) is 0.316. The second-order valence-electron chi connectivity index (χ2n) is 6.11. The molecule has 2 atom stereocenters. The number of hydrogen-bond donors (Lipinski definition) is 1. The molecule has 0 saturated carbocycles. The SMILES string of the molecule is COc1ccc(NC(=O)C2CC(=O)N(C(C)c3ccccc3)C2)cn1. The van der Waals surface area contributed by atoms with Crippen molar-refractivity contribution in [1.82, 2.24) is 9.88 Å². The van der Waals surface area contributed by atoms with Crippen molar-refractivity contribution < 1.29 is 14.3 Å². The molecule has 0 radical (unpaired) electrons. The summed E-state index contributed by atoms with van der Waals surface area (Å²) in [6.07, 6.45) is 1.77. The van der Waals surface area contributed by atoms with Crippen molar-refractivity contribution in [2.75, 3.05) is 19.0 Å². The zero-order chi connectivity index (χ0) is 17.8. The largest absolute Gasteiger partial charge is 0.481 e. The monoisotopic (exact) mass is 339 g/mol. The number of pyridine rings is 1. The lowest BCUT2D eigenvalue weighted by Gasteiger charge is -2.25. The van der Waals surface area contributed by atoms with Crippen LogP contribution >= 0.6 is 0 Å². The average Bonchev–Trinajstić information content (AvgIpc) is 3.04. The maximum Gasteiger partial charge on any atom is 0.229 e. The Balaban J connectivity index is 1.64. The highest BCUT2D eigenvalue weighted by Gasteiger charge is 2.37. The molecule has 2 amide bonds. The summed E-state index contributed by atoms with van der Waals surface area (Å²) >= 11 is 0. The molecule has 6 nitrogen and oxygen atoms in total. The number of carbonyl (C=O) groups excluding carboxylic acids is 2. The van der Waals surface area contributed by atoms with Crippen LogP contribution in [0.15, 0.2) is 48.7 Å². The molecule has 1 aliphatic heterocycles. The summed E-state index contributed by atoms with van der Waals surface area (Å²) in [6, 6.07) is 13.2. The lowest BCUT2D eigenvalue weighted by Crippen LogP contribution is -2.30. The molecular formula is C19H21N3O3. The third kappa shape index (κ3) is 3.79. The first-order chi connectivity index (χ1) is 12.1. The maximum absolute atomic E-state index is 12.5. The summed E-state index contributed by atoms with van der Waals surface area (Å²) in [5.41, 5.74) is 1.66. The van der Waals surface area contributed by atoms with Crippen LogP contribution in [0, 0.1) is 5.92 Å². The Labute approximate surface area is 146 Å². The van der Waals surface area contributed by atoms with E-state index in [1.54, 1.807) is 17.0 Å². The summed E-state index contributed by atoms with van der Waals surface area (Å²) in [7, 11) is 1.53. The first-order valence-electron chi connectivity index (χ1n) is 8.24. The molecule has 2 heterocycles. The van der Waals surface area contributed by atoms with E-state index < -0.39 is 0 Å². The van der Waals surface area contributed by atoms with Crippen LogP contribution in [0.3, 0.4) is 0 Å². The van der Waals surface area contributed by atoms with Gasteiger partial charge in [0.15, 0.2) is 0 Å². The third-order valence-corrected chi connectivity index (χ3v) is 4.49. The highest BCUT2D eigenvalue weighted by Crippen LogP contribution is 2.29. The smallest absolute Gasteiger partial charge is 0.229 e. The fourth-order valence-electron chi connectivity index (χ4n) is 3.01. The molecule has 25 heavy (non-hydrogen) atoms. The van der Waals surface area contributed by atoms with Crippen LogP contribution in [0.5, 0.6) is 5.88 Å². The Morgan fingerprint density at radius 3 is 2.68 bits per heavy atom. The summed E-state index contributed by atoms with van der Waals surface area (Å²) in [5.74, 6) is -0.0369. The first-order valence-corrected chi connectivity index (χ1v) is 8.24. The number of methoxy groups -OCH3 is 1. The van der Waals surface area contributed by atoms with Crippen molar-refractivity contribution in [2.24, 2.45) is 5.92 Å². The summed E-state index contributed by atoms with van der Waals surface area (Å²) in [5, 5.41) is 2.82. The van der Waals surface area contributed by atoms with Gasteiger partial charge in [0, 0.05) is 19.0 Å². The van der Waals surface area contributed by atoms with Gasteiger partial charge < -0.3 is 15.0 Å². The number of amides is 2. The van der Waals surface area contributed by atoms with Gasteiger partial charge in [0.25, 0.3) is 0 Å². The van der Waals surface area contributed by atoms with Crippen molar-refractivity contribution in [3.8, 4) is 5.88 Å². The number of nitrogens with zero attached hydrogens (tertiary/aromatic N) is 2. The van der Waals surface area contributed by atoms with E-state index in [1.807, 2.05) is 37.3 Å². The van der Waals surface area contributed by atoms with Crippen LogP contribution in [0.25, 0.3) is 0 Å². The van der Waals surface area contributed by atoms with Crippen molar-refractivity contribution >= 4 is 17.5 Å². The lowest BCUT2D eigenvalue weighted by atomic mass is 10.1. The van der Waals surface area contributed by atoms with Crippen LogP contribution < -0.4 is 10.1 Å². The van der Waals surface area contributed by atoms with Gasteiger partial charge in [-0.3, -0.25) is 9.59 Å². The van der Waals surface area contributed by atoms with Crippen LogP contribution in [0.4, 0.5) is 5.69 Å². The minimum Gasteiger partial charge on any atom is -0.481 e. The van der Waals surface area contributed by atoms with E-state index in [9.17, 15) is 9.59 Å². The van der Waals surface area contributed by atoms with E-state index in [2.05, 4.69) is 10.3 Å². The molecule has 1 aliphatic rings. The van der Waals surface area contributed by atoms with E-state index in [0.29, 0.717) is 18.1 Å². The molecular weight excluding hydrogens is 318 g/mol. The molecule has 2 aromatic rings. The molecule has 3 rings (SSSR count). The molecule has 1 N–H and O–H groups in total. The van der Waals surface area contributed by atoms with E-state index in [4.69, 9.17) is 4.74 Å². The summed E-state index contributed by atoms with van der Waals surface area (Å²) in [6.45, 7) is 2.41. The molecule has 1 fully saturated rings. The number of anilines is 1. The number of ether oxygens (including phenoxy) is 1. The van der Waals surface area contributed by atoms with Gasteiger partial charge in [-0.1, -0.05) is 30.3 Å². The second-order valence-corrected chi connectivity index (χ2v) is 6.11. The van der Waals surface area contributed by atoms with Crippen molar-refractivity contribution in [3.05, 3.63) is 54.2 Å². The Morgan fingerprint density at radius 1 is 1.28 bits per heavy atom. The van der Waals surface area contributed by atoms with E-state index in [0.717, 1.165) is 5.56 Å². The predicted molar refractivity (Wildman–Crippen MR) is 94.1 cm³/mol. The number of hydrogen-bond acceptors (Lipinski definition) is 4. The van der Waals surface area contributed by atoms with Crippen LogP contribution in [-0.2, 0) is 9.59 Å². The number of carbonyl (C=O) groups is 2. The quantitative estimate of drug-likeness (QED) is 0.909. The van der Waals surface area contributed by atoms with Gasteiger partial charge >= 0.3 is 0 Å². The Bertz CT molecular complexity index is 746. The number of aromatic nitrogens is 1. The van der Waals surface area contributed by atoms with E-state index in [-0.39, 0.29) is 30.2 Å².